The number of urea groups is 1. The summed E-state index contributed by atoms with van der Waals surface area (Å²) in [6.07, 6.45) is 4.98. The summed E-state index contributed by atoms with van der Waals surface area (Å²) in [7, 11) is 0. The molecular formula is C16H25N3O. The Kier molecular flexibility index (Phi) is 5.87. The number of nitrogens with zero attached hydrogens (tertiary/aromatic N) is 1. The van der Waals surface area contributed by atoms with Crippen LogP contribution in [0.3, 0.4) is 0 Å². The van der Waals surface area contributed by atoms with Crippen LogP contribution in [0, 0.1) is 0 Å². The molecule has 1 aliphatic rings. The summed E-state index contributed by atoms with van der Waals surface area (Å²) in [6.45, 7) is 5.31. The van der Waals surface area contributed by atoms with E-state index in [-0.39, 0.29) is 6.03 Å². The van der Waals surface area contributed by atoms with Gasteiger partial charge in [-0.05, 0) is 44.9 Å². The quantitative estimate of drug-likeness (QED) is 0.811. The number of amides is 2. The molecule has 110 valence electrons. The highest BCUT2D eigenvalue weighted by atomic mass is 16.2. The molecule has 1 saturated heterocycles. The Morgan fingerprint density at radius 2 is 2.10 bits per heavy atom. The summed E-state index contributed by atoms with van der Waals surface area (Å²) >= 11 is 0. The van der Waals surface area contributed by atoms with Gasteiger partial charge in [0, 0.05) is 24.8 Å². The minimum absolute atomic E-state index is 0.122. The van der Waals surface area contributed by atoms with E-state index in [2.05, 4.69) is 22.5 Å². The van der Waals surface area contributed by atoms with Crippen LogP contribution in [0.4, 0.5) is 10.5 Å². The van der Waals surface area contributed by atoms with Crippen LogP contribution in [-0.4, -0.2) is 36.6 Å². The molecule has 0 saturated carbocycles. The molecule has 0 bridgehead atoms. The van der Waals surface area contributed by atoms with Crippen molar-refractivity contribution >= 4 is 11.7 Å². The van der Waals surface area contributed by atoms with Crippen LogP contribution in [0.15, 0.2) is 30.3 Å². The van der Waals surface area contributed by atoms with Crippen molar-refractivity contribution in [2.24, 2.45) is 0 Å². The molecule has 1 aromatic carbocycles. The van der Waals surface area contributed by atoms with Gasteiger partial charge in [-0.1, -0.05) is 24.6 Å². The van der Waals surface area contributed by atoms with E-state index in [1.54, 1.807) is 0 Å². The van der Waals surface area contributed by atoms with Gasteiger partial charge in [-0.3, -0.25) is 0 Å². The number of rotatable bonds is 5. The molecule has 0 spiro atoms. The first kappa shape index (κ1) is 14.9. The summed E-state index contributed by atoms with van der Waals surface area (Å²) in [5.41, 5.74) is 0.828. The number of para-hydroxylation sites is 1. The van der Waals surface area contributed by atoms with Crippen LogP contribution < -0.4 is 10.6 Å². The van der Waals surface area contributed by atoms with Crippen LogP contribution in [-0.2, 0) is 0 Å². The summed E-state index contributed by atoms with van der Waals surface area (Å²) < 4.78 is 0. The Bertz CT molecular complexity index is 407. The van der Waals surface area contributed by atoms with Crippen LogP contribution in [0.25, 0.3) is 0 Å². The fraction of sp³-hybridized carbons (Fsp3) is 0.562. The molecule has 1 atom stereocenters. The van der Waals surface area contributed by atoms with Gasteiger partial charge in [-0.2, -0.15) is 0 Å². The SMILES string of the molecule is C[C@@H]1CCCCN1CCCNC(=O)Nc1ccccc1. The number of hydrogen-bond donors (Lipinski definition) is 2. The number of likely N-dealkylation sites (tertiary alicyclic amines) is 1. The van der Waals surface area contributed by atoms with Crippen molar-refractivity contribution in [1.82, 2.24) is 10.2 Å². The maximum Gasteiger partial charge on any atom is 0.319 e. The van der Waals surface area contributed by atoms with E-state index < -0.39 is 0 Å². The average molecular weight is 275 g/mol. The van der Waals surface area contributed by atoms with Gasteiger partial charge in [0.1, 0.15) is 0 Å². The fourth-order valence-corrected chi connectivity index (χ4v) is 2.67. The molecule has 0 aliphatic carbocycles. The summed E-state index contributed by atoms with van der Waals surface area (Å²) in [6, 6.07) is 10.1. The lowest BCUT2D eigenvalue weighted by molar-refractivity contribution is 0.159. The molecule has 2 amide bonds. The van der Waals surface area contributed by atoms with Gasteiger partial charge >= 0.3 is 6.03 Å². The molecule has 1 aromatic rings. The summed E-state index contributed by atoms with van der Waals surface area (Å²) in [5.74, 6) is 0. The monoisotopic (exact) mass is 275 g/mol. The van der Waals surface area contributed by atoms with Gasteiger partial charge in [0.05, 0.1) is 0 Å². The predicted molar refractivity (Wildman–Crippen MR) is 83.0 cm³/mol. The Morgan fingerprint density at radius 3 is 2.85 bits per heavy atom. The largest absolute Gasteiger partial charge is 0.338 e. The van der Waals surface area contributed by atoms with Gasteiger partial charge < -0.3 is 15.5 Å². The molecule has 1 aliphatic heterocycles. The first-order valence-electron chi connectivity index (χ1n) is 7.59. The van der Waals surface area contributed by atoms with Crippen LogP contribution in [0.5, 0.6) is 0 Å². The second kappa shape index (κ2) is 7.90. The van der Waals surface area contributed by atoms with Gasteiger partial charge in [-0.25, -0.2) is 4.79 Å². The number of carbonyl (C=O) groups excluding carboxylic acids is 1. The van der Waals surface area contributed by atoms with Gasteiger partial charge in [0.15, 0.2) is 0 Å². The normalized spacial score (nSPS) is 19.6. The van der Waals surface area contributed by atoms with E-state index in [1.165, 1.54) is 25.8 Å². The van der Waals surface area contributed by atoms with E-state index in [4.69, 9.17) is 0 Å². The first-order valence-corrected chi connectivity index (χ1v) is 7.59. The Labute approximate surface area is 121 Å². The lowest BCUT2D eigenvalue weighted by atomic mass is 10.0. The van der Waals surface area contributed by atoms with Gasteiger partial charge in [0.2, 0.25) is 0 Å². The molecule has 2 N–H and O–H groups in total. The average Bonchev–Trinajstić information content (AvgIpc) is 2.46. The van der Waals surface area contributed by atoms with Crippen molar-refractivity contribution in [2.45, 2.75) is 38.6 Å². The molecule has 4 heteroatoms. The second-order valence-corrected chi connectivity index (χ2v) is 5.48. The number of hydrogen-bond acceptors (Lipinski definition) is 2. The Hall–Kier alpha value is -1.55. The van der Waals surface area contributed by atoms with Gasteiger partial charge in [0.25, 0.3) is 0 Å². The van der Waals surface area contributed by atoms with E-state index in [9.17, 15) is 4.79 Å². The zero-order chi connectivity index (χ0) is 14.2. The van der Waals surface area contributed by atoms with Crippen molar-refractivity contribution in [3.63, 3.8) is 0 Å². The fourth-order valence-electron chi connectivity index (χ4n) is 2.67. The van der Waals surface area contributed by atoms with Crippen molar-refractivity contribution in [2.75, 3.05) is 25.0 Å². The van der Waals surface area contributed by atoms with Crippen LogP contribution >= 0.6 is 0 Å². The van der Waals surface area contributed by atoms with Crippen LogP contribution in [0.2, 0.25) is 0 Å². The first-order chi connectivity index (χ1) is 9.75. The maximum atomic E-state index is 11.7. The number of carbonyl (C=O) groups is 1. The minimum atomic E-state index is -0.122. The van der Waals surface area contributed by atoms with Gasteiger partial charge in [-0.15, -0.1) is 0 Å². The topological polar surface area (TPSA) is 44.4 Å². The molecule has 0 aromatic heterocycles. The molecular weight excluding hydrogens is 250 g/mol. The third kappa shape index (κ3) is 4.85. The molecule has 2 rings (SSSR count). The van der Waals surface area contributed by atoms with E-state index in [0.29, 0.717) is 6.04 Å². The highest BCUT2D eigenvalue weighted by Gasteiger charge is 2.17. The van der Waals surface area contributed by atoms with E-state index in [0.717, 1.165) is 25.2 Å². The number of nitrogens with one attached hydrogen (secondary N) is 2. The van der Waals surface area contributed by atoms with Crippen molar-refractivity contribution in [1.29, 1.82) is 0 Å². The summed E-state index contributed by atoms with van der Waals surface area (Å²) in [4.78, 5) is 14.2. The number of anilines is 1. The number of piperidine rings is 1. The van der Waals surface area contributed by atoms with E-state index >= 15 is 0 Å². The molecule has 0 radical (unpaired) electrons. The van der Waals surface area contributed by atoms with E-state index in [1.807, 2.05) is 30.3 Å². The molecule has 0 unspecified atom stereocenters. The minimum Gasteiger partial charge on any atom is -0.338 e. The third-order valence-corrected chi connectivity index (χ3v) is 3.88. The van der Waals surface area contributed by atoms with Crippen molar-refractivity contribution in [3.05, 3.63) is 30.3 Å². The summed E-state index contributed by atoms with van der Waals surface area (Å²) in [5, 5.41) is 5.73. The maximum absolute atomic E-state index is 11.7. The smallest absolute Gasteiger partial charge is 0.319 e. The molecule has 20 heavy (non-hydrogen) atoms. The van der Waals surface area contributed by atoms with Crippen LogP contribution in [0.1, 0.15) is 32.6 Å². The molecule has 4 nitrogen and oxygen atoms in total. The van der Waals surface area contributed by atoms with Crippen molar-refractivity contribution < 1.29 is 4.79 Å². The van der Waals surface area contributed by atoms with Crippen molar-refractivity contribution in [3.8, 4) is 0 Å². The lowest BCUT2D eigenvalue weighted by Gasteiger charge is -2.33. The second-order valence-electron chi connectivity index (χ2n) is 5.48. The Morgan fingerprint density at radius 1 is 1.30 bits per heavy atom. The predicted octanol–water partition coefficient (Wildman–Crippen LogP) is 3.07. The standard InChI is InChI=1S/C16H25N3O/c1-14-8-5-6-12-19(14)13-7-11-17-16(20)18-15-9-3-2-4-10-15/h2-4,9-10,14H,5-8,11-13H2,1H3,(H2,17,18,20)/t14-/m1/s1. The molecule has 1 heterocycles. The highest BCUT2D eigenvalue weighted by Crippen LogP contribution is 2.16. The highest BCUT2D eigenvalue weighted by molar-refractivity contribution is 5.89. The molecule has 1 fully saturated rings. The lowest BCUT2D eigenvalue weighted by Crippen LogP contribution is -2.39. The number of benzene rings is 1. The Balaban J connectivity index is 1.60. The zero-order valence-corrected chi connectivity index (χ0v) is 12.3. The zero-order valence-electron chi connectivity index (χ0n) is 12.3. The third-order valence-electron chi connectivity index (χ3n) is 3.88.